The molecule has 2 amide bonds. The number of hydrogen-bond acceptors (Lipinski definition) is 5. The molecule has 2 aromatic carbocycles. The molecule has 0 radical (unpaired) electrons. The highest BCUT2D eigenvalue weighted by Gasteiger charge is 2.31. The quantitative estimate of drug-likeness (QED) is 0.472. The van der Waals surface area contributed by atoms with E-state index in [1.54, 1.807) is 0 Å². The molecule has 0 spiro atoms. The Labute approximate surface area is 162 Å². The summed E-state index contributed by atoms with van der Waals surface area (Å²) in [5.74, 6) is -2.09. The lowest BCUT2D eigenvalue weighted by molar-refractivity contribution is -0.385. The van der Waals surface area contributed by atoms with Crippen LogP contribution < -0.4 is 11.1 Å². The van der Waals surface area contributed by atoms with E-state index in [0.717, 1.165) is 12.1 Å². The van der Waals surface area contributed by atoms with Crippen molar-refractivity contribution in [3.8, 4) is 0 Å². The Bertz CT molecular complexity index is 916. The summed E-state index contributed by atoms with van der Waals surface area (Å²) < 4.78 is 37.8. The molecule has 0 saturated heterocycles. The zero-order chi connectivity index (χ0) is 21.8. The number of amides is 2. The van der Waals surface area contributed by atoms with Crippen LogP contribution in [-0.4, -0.2) is 27.9 Å². The molecule has 154 valence electrons. The van der Waals surface area contributed by atoms with E-state index in [2.05, 4.69) is 5.32 Å². The molecule has 0 bridgehead atoms. The highest BCUT2D eigenvalue weighted by molar-refractivity contribution is 5.89. The SMILES string of the molecule is NC(=O)[C@@H](Cc1ccccc1[N+](=O)[O-])NC(=O)[C@@H](O)c1ccc(C(F)(F)F)cc1. The second-order valence-corrected chi connectivity index (χ2v) is 6.08. The van der Waals surface area contributed by atoms with Gasteiger partial charge in [0.2, 0.25) is 5.91 Å². The van der Waals surface area contributed by atoms with Crippen molar-refractivity contribution >= 4 is 17.5 Å². The Kier molecular flexibility index (Phi) is 6.54. The monoisotopic (exact) mass is 411 g/mol. The van der Waals surface area contributed by atoms with Gasteiger partial charge in [-0.3, -0.25) is 19.7 Å². The van der Waals surface area contributed by atoms with E-state index in [-0.39, 0.29) is 23.2 Å². The van der Waals surface area contributed by atoms with Crippen LogP contribution in [0.15, 0.2) is 48.5 Å². The Balaban J connectivity index is 2.15. The van der Waals surface area contributed by atoms with Gasteiger partial charge in [0.25, 0.3) is 11.6 Å². The van der Waals surface area contributed by atoms with Crippen LogP contribution in [0, 0.1) is 10.1 Å². The van der Waals surface area contributed by atoms with Crippen LogP contribution in [0.25, 0.3) is 0 Å². The molecular weight excluding hydrogens is 395 g/mol. The molecular formula is C18H16F3N3O5. The van der Waals surface area contributed by atoms with Gasteiger partial charge in [-0.2, -0.15) is 13.2 Å². The number of carbonyl (C=O) groups is 2. The second-order valence-electron chi connectivity index (χ2n) is 6.08. The molecule has 2 rings (SSSR count). The molecule has 2 atom stereocenters. The number of nitro groups is 1. The zero-order valence-electron chi connectivity index (χ0n) is 14.7. The number of benzene rings is 2. The maximum Gasteiger partial charge on any atom is 0.416 e. The maximum atomic E-state index is 12.6. The highest BCUT2D eigenvalue weighted by Crippen LogP contribution is 2.30. The van der Waals surface area contributed by atoms with Crippen LogP contribution in [-0.2, 0) is 22.2 Å². The minimum Gasteiger partial charge on any atom is -0.378 e. The van der Waals surface area contributed by atoms with Crippen LogP contribution in [0.3, 0.4) is 0 Å². The van der Waals surface area contributed by atoms with Gasteiger partial charge in [0.15, 0.2) is 6.10 Å². The molecule has 0 aliphatic heterocycles. The van der Waals surface area contributed by atoms with Gasteiger partial charge >= 0.3 is 6.18 Å². The fourth-order valence-electron chi connectivity index (χ4n) is 2.56. The van der Waals surface area contributed by atoms with Crippen LogP contribution in [0.5, 0.6) is 0 Å². The lowest BCUT2D eigenvalue weighted by Crippen LogP contribution is -2.47. The summed E-state index contributed by atoms with van der Waals surface area (Å²) in [5, 5.41) is 23.3. The van der Waals surface area contributed by atoms with E-state index >= 15 is 0 Å². The van der Waals surface area contributed by atoms with Gasteiger partial charge in [-0.25, -0.2) is 0 Å². The zero-order valence-corrected chi connectivity index (χ0v) is 14.7. The molecule has 0 unspecified atom stereocenters. The molecule has 0 aliphatic carbocycles. The molecule has 4 N–H and O–H groups in total. The summed E-state index contributed by atoms with van der Waals surface area (Å²) in [6.45, 7) is 0. The maximum absolute atomic E-state index is 12.6. The first-order valence-electron chi connectivity index (χ1n) is 8.18. The Morgan fingerprint density at radius 1 is 1.14 bits per heavy atom. The standard InChI is InChI=1S/C18H16F3N3O5/c19-18(20,21)12-7-5-10(6-8-12)15(25)17(27)23-13(16(22)26)9-11-3-1-2-4-14(11)24(28)29/h1-8,13,15,25H,9H2,(H2,22,26)(H,23,27)/t13-,15+/m1/s1. The van der Waals surface area contributed by atoms with Gasteiger partial charge in [-0.1, -0.05) is 30.3 Å². The van der Waals surface area contributed by atoms with E-state index in [1.165, 1.54) is 24.3 Å². The minimum atomic E-state index is -4.58. The lowest BCUT2D eigenvalue weighted by atomic mass is 10.0. The lowest BCUT2D eigenvalue weighted by Gasteiger charge is -2.18. The summed E-state index contributed by atoms with van der Waals surface area (Å²) in [6, 6.07) is 7.39. The fraction of sp³-hybridized carbons (Fsp3) is 0.222. The van der Waals surface area contributed by atoms with Crippen LogP contribution in [0.4, 0.5) is 18.9 Å². The van der Waals surface area contributed by atoms with E-state index in [0.29, 0.717) is 12.1 Å². The average molecular weight is 411 g/mol. The molecule has 0 aliphatic rings. The number of halogens is 3. The summed E-state index contributed by atoms with van der Waals surface area (Å²) in [5.41, 5.74) is 3.99. The molecule has 0 saturated carbocycles. The molecule has 0 fully saturated rings. The number of nitrogens with one attached hydrogen (secondary N) is 1. The van der Waals surface area contributed by atoms with Gasteiger partial charge < -0.3 is 16.2 Å². The Morgan fingerprint density at radius 3 is 2.24 bits per heavy atom. The summed E-state index contributed by atoms with van der Waals surface area (Å²) in [7, 11) is 0. The van der Waals surface area contributed by atoms with E-state index in [1.807, 2.05) is 0 Å². The Hall–Kier alpha value is -3.47. The summed E-state index contributed by atoms with van der Waals surface area (Å²) in [6.07, 6.45) is -6.75. The fourth-order valence-corrected chi connectivity index (χ4v) is 2.56. The third kappa shape index (κ3) is 5.51. The number of hydrogen-bond donors (Lipinski definition) is 3. The van der Waals surface area contributed by atoms with Crippen molar-refractivity contribution in [1.29, 1.82) is 0 Å². The number of rotatable bonds is 7. The van der Waals surface area contributed by atoms with E-state index in [4.69, 9.17) is 5.73 Å². The third-order valence-corrected chi connectivity index (χ3v) is 4.07. The van der Waals surface area contributed by atoms with Crippen molar-refractivity contribution in [2.45, 2.75) is 24.7 Å². The van der Waals surface area contributed by atoms with Gasteiger partial charge in [0.05, 0.1) is 10.5 Å². The number of alkyl halides is 3. The van der Waals surface area contributed by atoms with Crippen LogP contribution in [0.1, 0.15) is 22.8 Å². The molecule has 29 heavy (non-hydrogen) atoms. The average Bonchev–Trinajstić information content (AvgIpc) is 2.66. The predicted octanol–water partition coefficient (Wildman–Crippen LogP) is 1.86. The molecule has 8 nitrogen and oxygen atoms in total. The van der Waals surface area contributed by atoms with E-state index in [9.17, 15) is 38.0 Å². The first kappa shape index (κ1) is 21.8. The molecule has 2 aromatic rings. The molecule has 0 heterocycles. The van der Waals surface area contributed by atoms with Crippen LogP contribution >= 0.6 is 0 Å². The van der Waals surface area contributed by atoms with Crippen molar-refractivity contribution in [3.63, 3.8) is 0 Å². The third-order valence-electron chi connectivity index (χ3n) is 4.07. The van der Waals surface area contributed by atoms with Crippen molar-refractivity contribution in [3.05, 3.63) is 75.3 Å². The number of nitro benzene ring substituents is 1. The summed E-state index contributed by atoms with van der Waals surface area (Å²) in [4.78, 5) is 34.3. The van der Waals surface area contributed by atoms with Gasteiger partial charge in [0, 0.05) is 18.1 Å². The normalized spacial score (nSPS) is 13.4. The highest BCUT2D eigenvalue weighted by atomic mass is 19.4. The van der Waals surface area contributed by atoms with Gasteiger partial charge in [0.1, 0.15) is 6.04 Å². The number of carbonyl (C=O) groups excluding carboxylic acids is 2. The largest absolute Gasteiger partial charge is 0.416 e. The molecule has 0 aromatic heterocycles. The van der Waals surface area contributed by atoms with Gasteiger partial charge in [-0.05, 0) is 17.7 Å². The topological polar surface area (TPSA) is 136 Å². The Morgan fingerprint density at radius 2 is 1.72 bits per heavy atom. The van der Waals surface area contributed by atoms with Crippen LogP contribution in [0.2, 0.25) is 0 Å². The van der Waals surface area contributed by atoms with Crippen molar-refractivity contribution in [2.24, 2.45) is 5.73 Å². The number of aliphatic hydroxyl groups is 1. The van der Waals surface area contributed by atoms with E-state index < -0.39 is 40.6 Å². The minimum absolute atomic E-state index is 0.130. The molecule has 11 heteroatoms. The van der Waals surface area contributed by atoms with Crippen molar-refractivity contribution in [1.82, 2.24) is 5.32 Å². The predicted molar refractivity (Wildman–Crippen MR) is 94.3 cm³/mol. The van der Waals surface area contributed by atoms with Crippen molar-refractivity contribution < 1.29 is 32.8 Å². The number of nitrogens with two attached hydrogens (primary N) is 1. The number of primary amides is 1. The number of aliphatic hydroxyl groups excluding tert-OH is 1. The number of para-hydroxylation sites is 1. The number of nitrogens with zero attached hydrogens (tertiary/aromatic N) is 1. The van der Waals surface area contributed by atoms with Crippen molar-refractivity contribution in [2.75, 3.05) is 0 Å². The smallest absolute Gasteiger partial charge is 0.378 e. The first-order chi connectivity index (χ1) is 13.5. The van der Waals surface area contributed by atoms with Gasteiger partial charge in [-0.15, -0.1) is 0 Å². The first-order valence-corrected chi connectivity index (χ1v) is 8.18. The second kappa shape index (κ2) is 8.69. The summed E-state index contributed by atoms with van der Waals surface area (Å²) >= 11 is 0.